The smallest absolute Gasteiger partial charge is 0.335 e. The molecule has 0 amide bonds. The quantitative estimate of drug-likeness (QED) is 0.433. The molecule has 116 valence electrons. The van der Waals surface area contributed by atoms with Gasteiger partial charge in [0.15, 0.2) is 0 Å². The number of hydrogen-bond donors (Lipinski definition) is 0. The van der Waals surface area contributed by atoms with Crippen molar-refractivity contribution in [3.05, 3.63) is 11.1 Å². The topological polar surface area (TPSA) is 79.6 Å². The van der Waals surface area contributed by atoms with Crippen LogP contribution in [-0.2, 0) is 19.1 Å². The van der Waals surface area contributed by atoms with Crippen LogP contribution in [0.2, 0.25) is 0 Å². The zero-order chi connectivity index (χ0) is 16.0. The summed E-state index contributed by atoms with van der Waals surface area (Å²) in [6.07, 6.45) is 0.708. The minimum Gasteiger partial charge on any atom is -0.464 e. The van der Waals surface area contributed by atoms with Crippen LogP contribution < -0.4 is 0 Å². The van der Waals surface area contributed by atoms with E-state index in [0.29, 0.717) is 13.0 Å². The molecule has 21 heavy (non-hydrogen) atoms. The fourth-order valence-corrected chi connectivity index (χ4v) is 2.36. The van der Waals surface area contributed by atoms with Gasteiger partial charge in [0.25, 0.3) is 0 Å². The van der Waals surface area contributed by atoms with Crippen molar-refractivity contribution in [1.82, 2.24) is 4.90 Å². The van der Waals surface area contributed by atoms with Crippen molar-refractivity contribution in [1.29, 1.82) is 5.26 Å². The van der Waals surface area contributed by atoms with Gasteiger partial charge < -0.3 is 9.47 Å². The normalized spacial score (nSPS) is 19.3. The Labute approximate surface area is 125 Å². The summed E-state index contributed by atoms with van der Waals surface area (Å²) in [5.74, 6) is -1.33. The van der Waals surface area contributed by atoms with Gasteiger partial charge in [-0.25, -0.2) is 9.59 Å². The Bertz CT molecular complexity index is 461. The number of rotatable bonds is 5. The molecule has 1 aliphatic rings. The summed E-state index contributed by atoms with van der Waals surface area (Å²) in [5, 5.41) is 9.39. The third-order valence-corrected chi connectivity index (χ3v) is 3.63. The maximum atomic E-state index is 12.1. The molecule has 0 spiro atoms. The molecule has 0 N–H and O–H groups in total. The highest BCUT2D eigenvalue weighted by Gasteiger charge is 2.41. The van der Waals surface area contributed by atoms with E-state index in [1.165, 1.54) is 0 Å². The molecule has 0 aromatic rings. The van der Waals surface area contributed by atoms with E-state index in [0.717, 1.165) is 11.1 Å². The number of nitriles is 1. The van der Waals surface area contributed by atoms with Crippen LogP contribution in [0, 0.1) is 11.3 Å². The fourth-order valence-electron chi connectivity index (χ4n) is 2.36. The van der Waals surface area contributed by atoms with Crippen LogP contribution >= 0.6 is 0 Å². The lowest BCUT2D eigenvalue weighted by Gasteiger charge is -2.36. The van der Waals surface area contributed by atoms with Gasteiger partial charge in [0.2, 0.25) is 6.04 Å². The van der Waals surface area contributed by atoms with Crippen LogP contribution in [0.4, 0.5) is 0 Å². The van der Waals surface area contributed by atoms with Gasteiger partial charge in [0, 0.05) is 6.54 Å². The first-order valence-electron chi connectivity index (χ1n) is 7.12. The van der Waals surface area contributed by atoms with Crippen molar-refractivity contribution in [2.24, 2.45) is 0 Å². The van der Waals surface area contributed by atoms with Gasteiger partial charge in [0.05, 0.1) is 19.3 Å². The summed E-state index contributed by atoms with van der Waals surface area (Å²) in [7, 11) is 0. The Morgan fingerprint density at radius 2 is 1.81 bits per heavy atom. The highest BCUT2D eigenvalue weighted by atomic mass is 16.6. The molecule has 0 fully saturated rings. The number of carbonyl (C=O) groups excluding carboxylic acids is 2. The first-order valence-corrected chi connectivity index (χ1v) is 7.12. The second-order valence-electron chi connectivity index (χ2n) is 4.89. The number of ether oxygens (including phenoxy) is 2. The van der Waals surface area contributed by atoms with Crippen molar-refractivity contribution < 1.29 is 19.1 Å². The van der Waals surface area contributed by atoms with Gasteiger partial charge in [-0.05, 0) is 39.7 Å². The van der Waals surface area contributed by atoms with E-state index < -0.39 is 24.0 Å². The van der Waals surface area contributed by atoms with Gasteiger partial charge in [-0.3, -0.25) is 4.90 Å². The molecule has 0 aromatic carbocycles. The van der Waals surface area contributed by atoms with Crippen LogP contribution in [0.15, 0.2) is 11.1 Å². The molecular weight excluding hydrogens is 272 g/mol. The van der Waals surface area contributed by atoms with E-state index in [2.05, 4.69) is 6.07 Å². The van der Waals surface area contributed by atoms with E-state index in [9.17, 15) is 14.9 Å². The van der Waals surface area contributed by atoms with Crippen LogP contribution in [0.1, 0.15) is 34.1 Å². The van der Waals surface area contributed by atoms with E-state index in [-0.39, 0.29) is 13.2 Å². The largest absolute Gasteiger partial charge is 0.464 e. The Hall–Kier alpha value is -1.87. The monoisotopic (exact) mass is 294 g/mol. The van der Waals surface area contributed by atoms with Crippen LogP contribution in [0.25, 0.3) is 0 Å². The van der Waals surface area contributed by atoms with Gasteiger partial charge in [-0.15, -0.1) is 0 Å². The van der Waals surface area contributed by atoms with Crippen LogP contribution in [-0.4, -0.2) is 48.7 Å². The SMILES string of the molecule is CCOC(=O)C(C(=O)OCC)N1CCC(C)=C(C)C1C#N. The molecule has 1 aliphatic heterocycles. The first-order chi connectivity index (χ1) is 9.97. The van der Waals surface area contributed by atoms with Crippen LogP contribution in [0.3, 0.4) is 0 Å². The average Bonchev–Trinajstić information content (AvgIpc) is 2.44. The third-order valence-electron chi connectivity index (χ3n) is 3.63. The summed E-state index contributed by atoms with van der Waals surface area (Å²) < 4.78 is 9.95. The summed E-state index contributed by atoms with van der Waals surface area (Å²) in [4.78, 5) is 25.8. The van der Waals surface area contributed by atoms with E-state index >= 15 is 0 Å². The molecule has 1 unspecified atom stereocenters. The zero-order valence-electron chi connectivity index (χ0n) is 13.0. The summed E-state index contributed by atoms with van der Waals surface area (Å²) in [6.45, 7) is 7.95. The predicted octanol–water partition coefficient (Wildman–Crippen LogP) is 1.42. The van der Waals surface area contributed by atoms with Gasteiger partial charge in [-0.2, -0.15) is 5.26 Å². The Morgan fingerprint density at radius 1 is 1.29 bits per heavy atom. The Balaban J connectivity index is 3.11. The zero-order valence-corrected chi connectivity index (χ0v) is 13.0. The van der Waals surface area contributed by atoms with Crippen molar-refractivity contribution in [3.63, 3.8) is 0 Å². The minimum absolute atomic E-state index is 0.174. The highest BCUT2D eigenvalue weighted by molar-refractivity contribution is 5.99. The molecule has 0 radical (unpaired) electrons. The summed E-state index contributed by atoms with van der Waals surface area (Å²) in [6, 6.07) is 0.365. The molecule has 0 bridgehead atoms. The molecule has 1 heterocycles. The highest BCUT2D eigenvalue weighted by Crippen LogP contribution is 2.26. The number of nitrogens with zero attached hydrogens (tertiary/aromatic N) is 2. The van der Waals surface area contributed by atoms with Crippen molar-refractivity contribution in [2.45, 2.75) is 46.2 Å². The molecule has 0 aliphatic carbocycles. The minimum atomic E-state index is -1.18. The standard InChI is InChI=1S/C15H22N2O4/c1-5-20-14(18)13(15(19)21-6-2)17-8-7-10(3)11(4)12(17)9-16/h12-13H,5-8H2,1-4H3. The molecule has 1 atom stereocenters. The number of carbonyl (C=O) groups is 2. The van der Waals surface area contributed by atoms with Gasteiger partial charge in [0.1, 0.15) is 6.04 Å². The maximum absolute atomic E-state index is 12.1. The van der Waals surface area contributed by atoms with E-state index in [4.69, 9.17) is 9.47 Å². The molecular formula is C15H22N2O4. The van der Waals surface area contributed by atoms with Gasteiger partial charge in [-0.1, -0.05) is 5.57 Å². The summed E-state index contributed by atoms with van der Waals surface area (Å²) >= 11 is 0. The fraction of sp³-hybridized carbons (Fsp3) is 0.667. The van der Waals surface area contributed by atoms with Crippen molar-refractivity contribution in [2.75, 3.05) is 19.8 Å². The Morgan fingerprint density at radius 3 is 2.24 bits per heavy atom. The van der Waals surface area contributed by atoms with E-state index in [1.807, 2.05) is 13.8 Å². The van der Waals surface area contributed by atoms with Crippen molar-refractivity contribution >= 4 is 11.9 Å². The lowest BCUT2D eigenvalue weighted by Crippen LogP contribution is -2.54. The third kappa shape index (κ3) is 3.82. The molecule has 6 nitrogen and oxygen atoms in total. The molecule has 6 heteroatoms. The first kappa shape index (κ1) is 17.2. The predicted molar refractivity (Wildman–Crippen MR) is 76.2 cm³/mol. The second kappa shape index (κ2) is 7.79. The molecule has 0 saturated carbocycles. The lowest BCUT2D eigenvalue weighted by atomic mass is 9.94. The maximum Gasteiger partial charge on any atom is 0.335 e. The van der Waals surface area contributed by atoms with Crippen molar-refractivity contribution in [3.8, 4) is 6.07 Å². The molecule has 0 aromatic heterocycles. The number of esters is 2. The second-order valence-corrected chi connectivity index (χ2v) is 4.89. The average molecular weight is 294 g/mol. The van der Waals surface area contributed by atoms with E-state index in [1.54, 1.807) is 18.7 Å². The molecule has 1 rings (SSSR count). The van der Waals surface area contributed by atoms with Gasteiger partial charge >= 0.3 is 11.9 Å². The summed E-state index contributed by atoms with van der Waals surface area (Å²) in [5.41, 5.74) is 1.99. The lowest BCUT2D eigenvalue weighted by molar-refractivity contribution is -0.164. The molecule has 0 saturated heterocycles. The Kier molecular flexibility index (Phi) is 6.38. The van der Waals surface area contributed by atoms with Crippen LogP contribution in [0.5, 0.6) is 0 Å². The number of hydrogen-bond acceptors (Lipinski definition) is 6.